The summed E-state index contributed by atoms with van der Waals surface area (Å²) in [4.78, 5) is 18.1. The number of likely N-dealkylation sites (N-methyl/N-ethyl adjacent to an activating group) is 1. The van der Waals surface area contributed by atoms with Crippen LogP contribution in [0.5, 0.6) is 0 Å². The first-order valence-corrected chi connectivity index (χ1v) is 6.89. The van der Waals surface area contributed by atoms with E-state index in [9.17, 15) is 4.79 Å². The van der Waals surface area contributed by atoms with Gasteiger partial charge in [-0.2, -0.15) is 0 Å². The van der Waals surface area contributed by atoms with E-state index in [-0.39, 0.29) is 0 Å². The Kier molecular flexibility index (Phi) is 6.79. The highest BCUT2D eigenvalue weighted by molar-refractivity contribution is 5.95. The van der Waals surface area contributed by atoms with Crippen molar-refractivity contribution >= 4 is 17.5 Å². The smallest absolute Gasteiger partial charge is 0.340 e. The normalized spacial score (nSPS) is 10.3. The molecule has 1 rings (SSSR count). The van der Waals surface area contributed by atoms with Gasteiger partial charge in [-0.1, -0.05) is 0 Å². The summed E-state index contributed by atoms with van der Waals surface area (Å²) >= 11 is 0. The van der Waals surface area contributed by atoms with Gasteiger partial charge in [0.2, 0.25) is 0 Å². The second kappa shape index (κ2) is 8.37. The summed E-state index contributed by atoms with van der Waals surface area (Å²) in [5.74, 6) is 0.277. The number of carbonyl (C=O) groups excluding carboxylic acids is 1. The molecule has 0 bridgehead atoms. The predicted molar refractivity (Wildman–Crippen MR) is 79.0 cm³/mol. The molecule has 20 heavy (non-hydrogen) atoms. The fourth-order valence-corrected chi connectivity index (χ4v) is 1.77. The number of hydrogen-bond donors (Lipinski definition) is 1. The molecular weight excluding hydrogens is 258 g/mol. The first kappa shape index (κ1) is 16.2. The lowest BCUT2D eigenvalue weighted by Crippen LogP contribution is -2.28. The number of carbonyl (C=O) groups is 1. The second-order valence-corrected chi connectivity index (χ2v) is 4.13. The summed E-state index contributed by atoms with van der Waals surface area (Å²) in [7, 11) is 0. The van der Waals surface area contributed by atoms with E-state index < -0.39 is 5.97 Å². The molecule has 0 atom stereocenters. The molecule has 0 unspecified atom stereocenters. The third-order valence-corrected chi connectivity index (χ3v) is 2.83. The Morgan fingerprint density at radius 3 is 2.70 bits per heavy atom. The highest BCUT2D eigenvalue weighted by Crippen LogP contribution is 2.19. The molecule has 0 fully saturated rings. The van der Waals surface area contributed by atoms with Crippen molar-refractivity contribution in [2.24, 2.45) is 0 Å². The van der Waals surface area contributed by atoms with Crippen LogP contribution in [-0.2, 0) is 9.47 Å². The topological polar surface area (TPSA) is 77.7 Å². The molecule has 1 aromatic heterocycles. The molecule has 0 saturated carbocycles. The molecule has 1 heterocycles. The van der Waals surface area contributed by atoms with E-state index in [1.807, 2.05) is 18.7 Å². The Labute approximate surface area is 119 Å². The SMILES string of the molecule is CCOCCN(CC)c1cc(C(=O)OCC)c(N)cn1. The number of nitrogen functional groups attached to an aromatic ring is 1. The van der Waals surface area contributed by atoms with Gasteiger partial charge in [0.25, 0.3) is 0 Å². The standard InChI is InChI=1S/C14H23N3O3/c1-4-17(7-8-19-5-2)13-9-11(12(15)10-16-13)14(18)20-6-3/h9-10H,4-8,15H2,1-3H3. The molecule has 1 aromatic rings. The largest absolute Gasteiger partial charge is 0.462 e. The Morgan fingerprint density at radius 1 is 1.35 bits per heavy atom. The quantitative estimate of drug-likeness (QED) is 0.577. The van der Waals surface area contributed by atoms with Crippen LogP contribution in [0.25, 0.3) is 0 Å². The van der Waals surface area contributed by atoms with Gasteiger partial charge in [0, 0.05) is 19.7 Å². The number of aromatic nitrogens is 1. The van der Waals surface area contributed by atoms with Crippen molar-refractivity contribution in [1.29, 1.82) is 0 Å². The molecule has 0 aliphatic rings. The predicted octanol–water partition coefficient (Wildman–Crippen LogP) is 1.70. The molecule has 6 nitrogen and oxygen atoms in total. The average Bonchev–Trinajstić information content (AvgIpc) is 2.45. The van der Waals surface area contributed by atoms with Crippen molar-refractivity contribution in [1.82, 2.24) is 4.98 Å². The van der Waals surface area contributed by atoms with Gasteiger partial charge in [-0.15, -0.1) is 0 Å². The molecule has 0 spiro atoms. The van der Waals surface area contributed by atoms with Gasteiger partial charge in [-0.3, -0.25) is 0 Å². The van der Waals surface area contributed by atoms with Crippen LogP contribution < -0.4 is 10.6 Å². The van der Waals surface area contributed by atoms with E-state index in [1.54, 1.807) is 13.0 Å². The highest BCUT2D eigenvalue weighted by atomic mass is 16.5. The van der Waals surface area contributed by atoms with Gasteiger partial charge in [0.05, 0.1) is 30.7 Å². The first-order valence-electron chi connectivity index (χ1n) is 6.89. The average molecular weight is 281 g/mol. The maximum Gasteiger partial charge on any atom is 0.340 e. The summed E-state index contributed by atoms with van der Waals surface area (Å²) in [6.45, 7) is 8.83. The van der Waals surface area contributed by atoms with Crippen molar-refractivity contribution in [2.75, 3.05) is 43.5 Å². The number of nitrogens with zero attached hydrogens (tertiary/aromatic N) is 2. The van der Waals surface area contributed by atoms with E-state index >= 15 is 0 Å². The summed E-state index contributed by atoms with van der Waals surface area (Å²) < 4.78 is 10.3. The molecule has 2 N–H and O–H groups in total. The van der Waals surface area contributed by atoms with Gasteiger partial charge < -0.3 is 20.1 Å². The first-order chi connectivity index (χ1) is 9.63. The minimum Gasteiger partial charge on any atom is -0.462 e. The minimum absolute atomic E-state index is 0.317. The van der Waals surface area contributed by atoms with Crippen LogP contribution in [0.1, 0.15) is 31.1 Å². The third-order valence-electron chi connectivity index (χ3n) is 2.83. The number of anilines is 2. The van der Waals surface area contributed by atoms with Crippen LogP contribution in [0.2, 0.25) is 0 Å². The van der Waals surface area contributed by atoms with Crippen LogP contribution in [0.4, 0.5) is 11.5 Å². The fraction of sp³-hybridized carbons (Fsp3) is 0.571. The molecular formula is C14H23N3O3. The maximum absolute atomic E-state index is 11.8. The van der Waals surface area contributed by atoms with Crippen LogP contribution in [-0.4, -0.2) is 43.9 Å². The van der Waals surface area contributed by atoms with Gasteiger partial charge in [-0.05, 0) is 26.8 Å². The third kappa shape index (κ3) is 4.38. The van der Waals surface area contributed by atoms with Crippen molar-refractivity contribution in [2.45, 2.75) is 20.8 Å². The van der Waals surface area contributed by atoms with Crippen molar-refractivity contribution in [3.05, 3.63) is 17.8 Å². The number of nitrogens with two attached hydrogens (primary N) is 1. The van der Waals surface area contributed by atoms with E-state index in [4.69, 9.17) is 15.2 Å². The van der Waals surface area contributed by atoms with Gasteiger partial charge in [0.1, 0.15) is 5.82 Å². The lowest BCUT2D eigenvalue weighted by molar-refractivity contribution is 0.0527. The molecule has 0 aliphatic carbocycles. The minimum atomic E-state index is -0.422. The number of ether oxygens (including phenoxy) is 2. The van der Waals surface area contributed by atoms with Crippen LogP contribution >= 0.6 is 0 Å². The van der Waals surface area contributed by atoms with Gasteiger partial charge >= 0.3 is 5.97 Å². The molecule has 0 saturated heterocycles. The zero-order chi connectivity index (χ0) is 15.0. The molecule has 0 aromatic carbocycles. The molecule has 0 amide bonds. The molecule has 112 valence electrons. The maximum atomic E-state index is 11.8. The Balaban J connectivity index is 2.88. The lowest BCUT2D eigenvalue weighted by Gasteiger charge is -2.22. The zero-order valence-electron chi connectivity index (χ0n) is 12.4. The van der Waals surface area contributed by atoms with Crippen molar-refractivity contribution in [3.8, 4) is 0 Å². The van der Waals surface area contributed by atoms with Crippen molar-refractivity contribution < 1.29 is 14.3 Å². The van der Waals surface area contributed by atoms with Crippen molar-refractivity contribution in [3.63, 3.8) is 0 Å². The Morgan fingerprint density at radius 2 is 2.10 bits per heavy atom. The molecule has 0 aliphatic heterocycles. The lowest BCUT2D eigenvalue weighted by atomic mass is 10.2. The Bertz CT molecular complexity index is 438. The summed E-state index contributed by atoms with van der Waals surface area (Å²) in [5, 5.41) is 0. The van der Waals surface area contributed by atoms with Crippen LogP contribution in [0, 0.1) is 0 Å². The molecule has 6 heteroatoms. The number of hydrogen-bond acceptors (Lipinski definition) is 6. The fourth-order valence-electron chi connectivity index (χ4n) is 1.77. The Hall–Kier alpha value is -1.82. The number of rotatable bonds is 8. The number of pyridine rings is 1. The summed E-state index contributed by atoms with van der Waals surface area (Å²) in [6.07, 6.45) is 1.49. The van der Waals surface area contributed by atoms with Gasteiger partial charge in [-0.25, -0.2) is 9.78 Å². The zero-order valence-corrected chi connectivity index (χ0v) is 12.4. The monoisotopic (exact) mass is 281 g/mol. The van der Waals surface area contributed by atoms with Crippen LogP contribution in [0.15, 0.2) is 12.3 Å². The van der Waals surface area contributed by atoms with E-state index in [0.717, 1.165) is 6.54 Å². The molecule has 0 radical (unpaired) electrons. The van der Waals surface area contributed by atoms with Crippen LogP contribution in [0.3, 0.4) is 0 Å². The summed E-state index contributed by atoms with van der Waals surface area (Å²) in [5.41, 5.74) is 6.46. The highest BCUT2D eigenvalue weighted by Gasteiger charge is 2.15. The van der Waals surface area contributed by atoms with E-state index in [2.05, 4.69) is 4.98 Å². The number of esters is 1. The summed E-state index contributed by atoms with van der Waals surface area (Å²) in [6, 6.07) is 1.67. The van der Waals surface area contributed by atoms with E-state index in [1.165, 1.54) is 6.20 Å². The second-order valence-electron chi connectivity index (χ2n) is 4.13. The van der Waals surface area contributed by atoms with Gasteiger partial charge in [0.15, 0.2) is 0 Å². The van der Waals surface area contributed by atoms with E-state index in [0.29, 0.717) is 43.4 Å².